The van der Waals surface area contributed by atoms with Crippen LogP contribution in [0.1, 0.15) is 24.8 Å². The van der Waals surface area contributed by atoms with Gasteiger partial charge in [0.05, 0.1) is 16.7 Å². The molecule has 1 saturated heterocycles. The van der Waals surface area contributed by atoms with E-state index in [1.165, 1.54) is 19.3 Å². The summed E-state index contributed by atoms with van der Waals surface area (Å²) in [5.41, 5.74) is 0.689. The third-order valence-electron chi connectivity index (χ3n) is 2.71. The zero-order valence-electron chi connectivity index (χ0n) is 9.56. The summed E-state index contributed by atoms with van der Waals surface area (Å²) in [7, 11) is 0. The van der Waals surface area contributed by atoms with Gasteiger partial charge in [-0.05, 0) is 31.5 Å². The number of thioether (sulfide) groups is 1. The maximum absolute atomic E-state index is 8.78. The lowest BCUT2D eigenvalue weighted by Crippen LogP contribution is -2.35. The Morgan fingerprint density at radius 2 is 2.41 bits per heavy atom. The van der Waals surface area contributed by atoms with Gasteiger partial charge in [-0.15, -0.1) is 24.2 Å². The van der Waals surface area contributed by atoms with Crippen molar-refractivity contribution < 1.29 is 0 Å². The molecule has 92 valence electrons. The molecule has 0 aromatic carbocycles. The molecular weight excluding hydrogens is 254 g/mol. The first kappa shape index (κ1) is 14.3. The van der Waals surface area contributed by atoms with E-state index in [-0.39, 0.29) is 12.4 Å². The van der Waals surface area contributed by atoms with E-state index in [9.17, 15) is 0 Å². The molecule has 3 nitrogen and oxygen atoms in total. The molecule has 17 heavy (non-hydrogen) atoms. The standard InChI is InChI=1S/C12H15N3S.ClH/c13-8-10-4-6-15-12(7-10)16-9-11-3-1-2-5-14-11;/h4,6-7,11,14H,1-3,5,9H2;1H. The molecule has 1 unspecified atom stereocenters. The maximum Gasteiger partial charge on any atom is 0.0993 e. The second-order valence-electron chi connectivity index (χ2n) is 3.95. The average molecular weight is 270 g/mol. The number of halogens is 1. The van der Waals surface area contributed by atoms with Gasteiger partial charge in [-0.3, -0.25) is 0 Å². The van der Waals surface area contributed by atoms with Crippen molar-refractivity contribution in [2.75, 3.05) is 12.3 Å². The number of nitriles is 1. The minimum Gasteiger partial charge on any atom is -0.313 e. The fraction of sp³-hybridized carbons (Fsp3) is 0.500. The smallest absolute Gasteiger partial charge is 0.0993 e. The van der Waals surface area contributed by atoms with Gasteiger partial charge in [0.2, 0.25) is 0 Å². The van der Waals surface area contributed by atoms with Gasteiger partial charge < -0.3 is 5.32 Å². The van der Waals surface area contributed by atoms with E-state index in [0.29, 0.717) is 11.6 Å². The Hall–Kier alpha value is -0.760. The normalized spacial score (nSPS) is 19.1. The summed E-state index contributed by atoms with van der Waals surface area (Å²) in [5.74, 6) is 1.04. The van der Waals surface area contributed by atoms with E-state index in [4.69, 9.17) is 5.26 Å². The first-order valence-corrected chi connectivity index (χ1v) is 6.59. The number of nitrogens with zero attached hydrogens (tertiary/aromatic N) is 2. The van der Waals surface area contributed by atoms with Crippen LogP contribution in [-0.2, 0) is 0 Å². The van der Waals surface area contributed by atoms with Gasteiger partial charge in [-0.25, -0.2) is 4.98 Å². The minimum atomic E-state index is 0. The van der Waals surface area contributed by atoms with Crippen LogP contribution in [0.4, 0.5) is 0 Å². The second kappa shape index (κ2) is 7.54. The first-order valence-electron chi connectivity index (χ1n) is 5.61. The predicted molar refractivity (Wildman–Crippen MR) is 72.6 cm³/mol. The van der Waals surface area contributed by atoms with E-state index < -0.39 is 0 Å². The van der Waals surface area contributed by atoms with E-state index >= 15 is 0 Å². The highest BCUT2D eigenvalue weighted by Gasteiger charge is 2.12. The molecule has 0 bridgehead atoms. The number of aromatic nitrogens is 1. The third-order valence-corrected chi connectivity index (χ3v) is 3.80. The molecule has 1 N–H and O–H groups in total. The van der Waals surface area contributed by atoms with Crippen molar-refractivity contribution in [1.29, 1.82) is 5.26 Å². The fourth-order valence-corrected chi connectivity index (χ4v) is 2.81. The van der Waals surface area contributed by atoms with Crippen LogP contribution in [0.2, 0.25) is 0 Å². The summed E-state index contributed by atoms with van der Waals surface area (Å²) in [6, 6.07) is 6.33. The Morgan fingerprint density at radius 1 is 1.53 bits per heavy atom. The monoisotopic (exact) mass is 269 g/mol. The first-order chi connectivity index (χ1) is 7.88. The summed E-state index contributed by atoms with van der Waals surface area (Å²) in [4.78, 5) is 4.26. The largest absolute Gasteiger partial charge is 0.313 e. The van der Waals surface area contributed by atoms with E-state index in [0.717, 1.165) is 17.3 Å². The van der Waals surface area contributed by atoms with Crippen LogP contribution in [0.5, 0.6) is 0 Å². The van der Waals surface area contributed by atoms with E-state index in [1.54, 1.807) is 24.0 Å². The Bertz CT molecular complexity index is 386. The molecule has 0 radical (unpaired) electrons. The van der Waals surface area contributed by atoms with Crippen molar-refractivity contribution in [3.8, 4) is 6.07 Å². The summed E-state index contributed by atoms with van der Waals surface area (Å²) >= 11 is 1.73. The van der Waals surface area contributed by atoms with Crippen molar-refractivity contribution in [1.82, 2.24) is 10.3 Å². The van der Waals surface area contributed by atoms with Crippen molar-refractivity contribution in [3.63, 3.8) is 0 Å². The van der Waals surface area contributed by atoms with Crippen LogP contribution in [0.3, 0.4) is 0 Å². The molecule has 2 rings (SSSR count). The van der Waals surface area contributed by atoms with Gasteiger partial charge in [0.25, 0.3) is 0 Å². The van der Waals surface area contributed by atoms with Crippen LogP contribution in [0, 0.1) is 11.3 Å². The Balaban J connectivity index is 0.00000144. The van der Waals surface area contributed by atoms with Crippen LogP contribution in [-0.4, -0.2) is 23.3 Å². The molecule has 1 aliphatic rings. The number of hydrogen-bond acceptors (Lipinski definition) is 4. The maximum atomic E-state index is 8.78. The van der Waals surface area contributed by atoms with Crippen LogP contribution in [0.15, 0.2) is 23.4 Å². The second-order valence-corrected chi connectivity index (χ2v) is 4.99. The summed E-state index contributed by atoms with van der Waals surface area (Å²) < 4.78 is 0. The molecule has 1 fully saturated rings. The lowest BCUT2D eigenvalue weighted by Gasteiger charge is -2.22. The molecular formula is C12H16ClN3S. The number of pyridine rings is 1. The van der Waals surface area contributed by atoms with Gasteiger partial charge in [0, 0.05) is 18.0 Å². The summed E-state index contributed by atoms with van der Waals surface area (Å²) in [6.07, 6.45) is 5.58. The molecule has 1 aromatic heterocycles. The number of nitrogens with one attached hydrogen (secondary N) is 1. The molecule has 0 spiro atoms. The van der Waals surface area contributed by atoms with Gasteiger partial charge in [0.15, 0.2) is 0 Å². The summed E-state index contributed by atoms with van der Waals surface area (Å²) in [6.45, 7) is 1.14. The molecule has 1 aliphatic heterocycles. The van der Waals surface area contributed by atoms with Gasteiger partial charge in [0.1, 0.15) is 0 Å². The van der Waals surface area contributed by atoms with Crippen molar-refractivity contribution in [2.45, 2.75) is 30.3 Å². The highest BCUT2D eigenvalue weighted by Crippen LogP contribution is 2.20. The molecule has 0 saturated carbocycles. The van der Waals surface area contributed by atoms with Crippen molar-refractivity contribution >= 4 is 24.2 Å². The fourth-order valence-electron chi connectivity index (χ4n) is 1.81. The van der Waals surface area contributed by atoms with Gasteiger partial charge >= 0.3 is 0 Å². The number of piperidine rings is 1. The van der Waals surface area contributed by atoms with E-state index in [2.05, 4.69) is 16.4 Å². The molecule has 1 aromatic rings. The molecule has 0 aliphatic carbocycles. The van der Waals surface area contributed by atoms with E-state index in [1.807, 2.05) is 6.07 Å². The van der Waals surface area contributed by atoms with Crippen molar-refractivity contribution in [2.24, 2.45) is 0 Å². The lowest BCUT2D eigenvalue weighted by atomic mass is 10.1. The number of rotatable bonds is 3. The minimum absolute atomic E-state index is 0. The van der Waals surface area contributed by atoms with Gasteiger partial charge in [-0.2, -0.15) is 5.26 Å². The zero-order chi connectivity index (χ0) is 11.2. The highest BCUT2D eigenvalue weighted by atomic mass is 35.5. The lowest BCUT2D eigenvalue weighted by molar-refractivity contribution is 0.430. The Labute approximate surface area is 112 Å². The van der Waals surface area contributed by atoms with Crippen LogP contribution in [0.25, 0.3) is 0 Å². The van der Waals surface area contributed by atoms with Crippen molar-refractivity contribution in [3.05, 3.63) is 23.9 Å². The SMILES string of the molecule is Cl.N#Cc1ccnc(SCC2CCCCN2)c1. The number of hydrogen-bond donors (Lipinski definition) is 1. The Morgan fingerprint density at radius 3 is 3.12 bits per heavy atom. The molecule has 2 heterocycles. The highest BCUT2D eigenvalue weighted by molar-refractivity contribution is 7.99. The predicted octanol–water partition coefficient (Wildman–Crippen LogP) is 2.61. The molecule has 5 heteroatoms. The quantitative estimate of drug-likeness (QED) is 0.857. The van der Waals surface area contributed by atoms with Gasteiger partial charge in [-0.1, -0.05) is 6.42 Å². The molecule has 1 atom stereocenters. The third kappa shape index (κ3) is 4.55. The summed E-state index contributed by atoms with van der Waals surface area (Å²) in [5, 5.41) is 13.2. The van der Waals surface area contributed by atoms with Crippen LogP contribution >= 0.6 is 24.2 Å². The average Bonchev–Trinajstić information content (AvgIpc) is 2.38. The van der Waals surface area contributed by atoms with Crippen LogP contribution < -0.4 is 5.32 Å². The topological polar surface area (TPSA) is 48.7 Å². The zero-order valence-corrected chi connectivity index (χ0v) is 11.2. The Kier molecular flexibility index (Phi) is 6.35. The molecule has 0 amide bonds.